The van der Waals surface area contributed by atoms with E-state index in [1.54, 1.807) is 12.1 Å². The molecule has 0 aliphatic rings. The Kier molecular flexibility index (Phi) is 4.15. The van der Waals surface area contributed by atoms with Gasteiger partial charge < -0.3 is 0 Å². The van der Waals surface area contributed by atoms with E-state index in [1.807, 2.05) is 0 Å². The molecule has 0 heterocycles. The van der Waals surface area contributed by atoms with Crippen molar-refractivity contribution in [3.63, 3.8) is 0 Å². The third kappa shape index (κ3) is 5.30. The summed E-state index contributed by atoms with van der Waals surface area (Å²) >= 11 is 0. The van der Waals surface area contributed by atoms with Crippen molar-refractivity contribution in [3.05, 3.63) is 36.4 Å². The predicted molar refractivity (Wildman–Crippen MR) is 71.9 cm³/mol. The molecule has 1 rings (SSSR count). The van der Waals surface area contributed by atoms with Crippen molar-refractivity contribution in [1.82, 2.24) is 0 Å². The molecule has 0 saturated heterocycles. The first-order valence-electron chi connectivity index (χ1n) is 4.83. The molecule has 1 aromatic rings. The van der Waals surface area contributed by atoms with Crippen LogP contribution in [0.4, 0.5) is 5.69 Å². The summed E-state index contributed by atoms with van der Waals surface area (Å²) in [4.78, 5) is 0. The zero-order valence-electron chi connectivity index (χ0n) is 9.75. The number of nitrogens with two attached hydrogens (primary N) is 1. The summed E-state index contributed by atoms with van der Waals surface area (Å²) in [6.45, 7) is 3.62. The molecule has 0 aromatic heterocycles. The second kappa shape index (κ2) is 5.09. The molecule has 8 heteroatoms. The second-order valence-corrected chi connectivity index (χ2v) is 7.23. The van der Waals surface area contributed by atoms with Crippen molar-refractivity contribution < 1.29 is 16.8 Å². The number of primary sulfonamides is 1. The maximum atomic E-state index is 11.0. The number of benzene rings is 1. The van der Waals surface area contributed by atoms with Crippen molar-refractivity contribution in [1.29, 1.82) is 0 Å². The van der Waals surface area contributed by atoms with Crippen LogP contribution in [0, 0.1) is 0 Å². The average molecular weight is 290 g/mol. The first kappa shape index (κ1) is 14.7. The number of sulfonamides is 2. The van der Waals surface area contributed by atoms with E-state index in [4.69, 9.17) is 5.14 Å². The largest absolute Gasteiger partial charge is 0.284 e. The van der Waals surface area contributed by atoms with E-state index in [0.29, 0.717) is 16.8 Å². The molecule has 1 aromatic carbocycles. The van der Waals surface area contributed by atoms with Crippen LogP contribution in [-0.2, 0) is 20.0 Å². The molecular weight excluding hydrogens is 276 g/mol. The van der Waals surface area contributed by atoms with E-state index in [-0.39, 0.29) is 5.75 Å². The van der Waals surface area contributed by atoms with E-state index >= 15 is 0 Å². The number of hydrogen-bond acceptors (Lipinski definition) is 4. The van der Waals surface area contributed by atoms with Crippen molar-refractivity contribution in [2.45, 2.75) is 0 Å². The van der Waals surface area contributed by atoms with Gasteiger partial charge in [0.25, 0.3) is 0 Å². The van der Waals surface area contributed by atoms with Gasteiger partial charge >= 0.3 is 0 Å². The lowest BCUT2D eigenvalue weighted by molar-refractivity contribution is 0.600. The molecule has 6 nitrogen and oxygen atoms in total. The van der Waals surface area contributed by atoms with Crippen LogP contribution < -0.4 is 9.86 Å². The van der Waals surface area contributed by atoms with Gasteiger partial charge in [-0.3, -0.25) is 4.72 Å². The molecule has 0 bridgehead atoms. The zero-order chi connectivity index (χ0) is 14.0. The van der Waals surface area contributed by atoms with Gasteiger partial charge in [-0.1, -0.05) is 18.7 Å². The predicted octanol–water partition coefficient (Wildman–Crippen LogP) is 0.360. The summed E-state index contributed by atoms with van der Waals surface area (Å²) in [5.74, 6) is -0.341. The van der Waals surface area contributed by atoms with Crippen molar-refractivity contribution in [3.8, 4) is 0 Å². The summed E-state index contributed by atoms with van der Waals surface area (Å²) in [5.41, 5.74) is 1.33. The Bertz CT molecular complexity index is 646. The average Bonchev–Trinajstić information content (AvgIpc) is 2.13. The normalized spacial score (nSPS) is 12.1. The van der Waals surface area contributed by atoms with E-state index in [9.17, 15) is 16.8 Å². The summed E-state index contributed by atoms with van der Waals surface area (Å²) in [6.07, 6.45) is 1.04. The highest BCUT2D eigenvalue weighted by Gasteiger charge is 2.08. The first-order chi connectivity index (χ1) is 8.07. The van der Waals surface area contributed by atoms with E-state index in [0.717, 1.165) is 6.26 Å². The van der Waals surface area contributed by atoms with Crippen LogP contribution >= 0.6 is 0 Å². The molecule has 100 valence electrons. The Morgan fingerprint density at radius 2 is 1.72 bits per heavy atom. The SMILES string of the molecule is C=C(CS(N)(=O)=O)c1ccc(NS(C)(=O)=O)cc1. The number of anilines is 1. The third-order valence-electron chi connectivity index (χ3n) is 1.97. The van der Waals surface area contributed by atoms with Gasteiger partial charge in [-0.15, -0.1) is 0 Å². The summed E-state index contributed by atoms with van der Waals surface area (Å²) < 4.78 is 46.1. The van der Waals surface area contributed by atoms with Crippen LogP contribution in [-0.4, -0.2) is 28.8 Å². The lowest BCUT2D eigenvalue weighted by Crippen LogP contribution is -2.17. The van der Waals surface area contributed by atoms with Crippen molar-refractivity contribution >= 4 is 31.3 Å². The van der Waals surface area contributed by atoms with Crippen molar-refractivity contribution in [2.75, 3.05) is 16.7 Å². The molecule has 0 atom stereocenters. The van der Waals surface area contributed by atoms with E-state index in [2.05, 4.69) is 11.3 Å². The summed E-state index contributed by atoms with van der Waals surface area (Å²) in [6, 6.07) is 6.18. The first-order valence-corrected chi connectivity index (χ1v) is 8.44. The van der Waals surface area contributed by atoms with Gasteiger partial charge in [-0.2, -0.15) is 0 Å². The fourth-order valence-corrected chi connectivity index (χ4v) is 2.53. The summed E-state index contributed by atoms with van der Waals surface area (Å²) in [5, 5.41) is 4.91. The second-order valence-electron chi connectivity index (χ2n) is 3.86. The molecule has 0 aliphatic heterocycles. The molecule has 0 saturated carbocycles. The highest BCUT2D eigenvalue weighted by molar-refractivity contribution is 7.92. The van der Waals surface area contributed by atoms with Gasteiger partial charge in [0, 0.05) is 5.69 Å². The third-order valence-corrected chi connectivity index (χ3v) is 3.33. The highest BCUT2D eigenvalue weighted by atomic mass is 32.2. The van der Waals surface area contributed by atoms with Gasteiger partial charge in [0.1, 0.15) is 0 Å². The molecule has 0 amide bonds. The summed E-state index contributed by atoms with van der Waals surface area (Å²) in [7, 11) is -6.95. The molecule has 0 fully saturated rings. The fourth-order valence-electron chi connectivity index (χ4n) is 1.31. The Labute approximate surface area is 107 Å². The Morgan fingerprint density at radius 3 is 2.11 bits per heavy atom. The maximum absolute atomic E-state index is 11.0. The number of hydrogen-bond donors (Lipinski definition) is 2. The van der Waals surface area contributed by atoms with E-state index in [1.165, 1.54) is 12.1 Å². The monoisotopic (exact) mass is 290 g/mol. The van der Waals surface area contributed by atoms with Gasteiger partial charge in [0.2, 0.25) is 20.0 Å². The van der Waals surface area contributed by atoms with Crippen LogP contribution in [0.5, 0.6) is 0 Å². The van der Waals surface area contributed by atoms with Crippen LogP contribution in [0.3, 0.4) is 0 Å². The minimum absolute atomic E-state index is 0.341. The van der Waals surface area contributed by atoms with Gasteiger partial charge in [0.15, 0.2) is 0 Å². The van der Waals surface area contributed by atoms with Gasteiger partial charge in [-0.25, -0.2) is 22.0 Å². The zero-order valence-corrected chi connectivity index (χ0v) is 11.4. The molecular formula is C10H14N2O4S2. The van der Waals surface area contributed by atoms with Crippen LogP contribution in [0.25, 0.3) is 5.57 Å². The molecule has 0 radical (unpaired) electrons. The molecule has 0 spiro atoms. The number of rotatable bonds is 5. The maximum Gasteiger partial charge on any atom is 0.229 e. The smallest absolute Gasteiger partial charge is 0.229 e. The molecule has 0 unspecified atom stereocenters. The standard InChI is InChI=1S/C10H14N2O4S2/c1-8(7-18(11,15)16)9-3-5-10(6-4-9)12-17(2,13)14/h3-6,12H,1,7H2,2H3,(H2,11,15,16). The lowest BCUT2D eigenvalue weighted by Gasteiger charge is -2.07. The van der Waals surface area contributed by atoms with Crippen LogP contribution in [0.1, 0.15) is 5.56 Å². The van der Waals surface area contributed by atoms with Crippen molar-refractivity contribution in [2.24, 2.45) is 5.14 Å². The Morgan fingerprint density at radius 1 is 1.22 bits per heavy atom. The Balaban J connectivity index is 2.87. The van der Waals surface area contributed by atoms with Gasteiger partial charge in [0.05, 0.1) is 12.0 Å². The fraction of sp³-hybridized carbons (Fsp3) is 0.200. The van der Waals surface area contributed by atoms with Crippen LogP contribution in [0.2, 0.25) is 0 Å². The molecule has 3 N–H and O–H groups in total. The van der Waals surface area contributed by atoms with Crippen LogP contribution in [0.15, 0.2) is 30.8 Å². The minimum atomic E-state index is -3.62. The highest BCUT2D eigenvalue weighted by Crippen LogP contribution is 2.17. The molecule has 0 aliphatic carbocycles. The topological polar surface area (TPSA) is 106 Å². The number of nitrogens with one attached hydrogen (secondary N) is 1. The van der Waals surface area contributed by atoms with E-state index < -0.39 is 20.0 Å². The Hall–Kier alpha value is -1.38. The van der Waals surface area contributed by atoms with Gasteiger partial charge in [-0.05, 0) is 23.3 Å². The quantitative estimate of drug-likeness (QED) is 0.816. The minimum Gasteiger partial charge on any atom is -0.284 e. The molecule has 18 heavy (non-hydrogen) atoms. The lowest BCUT2D eigenvalue weighted by atomic mass is 10.1.